The fraction of sp³-hybridized carbons (Fsp3) is 0.120. The Kier molecular flexibility index (Phi) is 6.26. The van der Waals surface area contributed by atoms with Gasteiger partial charge in [0.05, 0.1) is 18.2 Å². The zero-order valence-corrected chi connectivity index (χ0v) is 18.5. The molecule has 0 aliphatic carbocycles. The minimum Gasteiger partial charge on any atom is -0.508 e. The molecule has 0 fully saturated rings. The van der Waals surface area contributed by atoms with Gasteiger partial charge in [-0.05, 0) is 61.0 Å². The molecule has 0 saturated carbocycles. The summed E-state index contributed by atoms with van der Waals surface area (Å²) in [5, 5.41) is 25.9. The summed E-state index contributed by atoms with van der Waals surface area (Å²) >= 11 is 0. The van der Waals surface area contributed by atoms with Gasteiger partial charge in [0.2, 0.25) is 0 Å². The van der Waals surface area contributed by atoms with Gasteiger partial charge in [0.25, 0.3) is 5.91 Å². The van der Waals surface area contributed by atoms with Crippen molar-refractivity contribution in [3.63, 3.8) is 0 Å². The molecule has 1 heterocycles. The Morgan fingerprint density at radius 1 is 1.03 bits per heavy atom. The molecule has 0 saturated heterocycles. The van der Waals surface area contributed by atoms with Gasteiger partial charge in [-0.2, -0.15) is 0 Å². The van der Waals surface area contributed by atoms with E-state index in [1.165, 1.54) is 6.07 Å². The molecule has 4 N–H and O–H groups in total. The normalized spacial score (nSPS) is 10.6. The quantitative estimate of drug-likeness (QED) is 0.324. The predicted octanol–water partition coefficient (Wildman–Crippen LogP) is 4.22. The lowest BCUT2D eigenvalue weighted by molar-refractivity contribution is 0.0698. The number of nitrogens with one attached hydrogen (secondary N) is 2. The first-order valence-electron chi connectivity index (χ1n) is 10.4. The molecule has 4 aromatic rings. The number of fused-ring (bicyclic) bond motifs is 1. The monoisotopic (exact) mass is 458 g/mol. The second-order valence-electron chi connectivity index (χ2n) is 7.55. The summed E-state index contributed by atoms with van der Waals surface area (Å²) in [5.41, 5.74) is 2.11. The van der Waals surface area contributed by atoms with Crippen LogP contribution in [0.1, 0.15) is 32.1 Å². The first kappa shape index (κ1) is 22.5. The van der Waals surface area contributed by atoms with Crippen LogP contribution in [0.5, 0.6) is 11.5 Å². The highest BCUT2D eigenvalue weighted by atomic mass is 16.5. The van der Waals surface area contributed by atoms with Crippen LogP contribution < -0.4 is 15.4 Å². The van der Waals surface area contributed by atoms with E-state index in [2.05, 4.69) is 20.6 Å². The Morgan fingerprint density at radius 3 is 2.50 bits per heavy atom. The average molecular weight is 458 g/mol. The van der Waals surface area contributed by atoms with Gasteiger partial charge in [0.1, 0.15) is 23.1 Å². The molecule has 172 valence electrons. The molecular formula is C25H22N4O5. The van der Waals surface area contributed by atoms with E-state index in [-0.39, 0.29) is 22.7 Å². The summed E-state index contributed by atoms with van der Waals surface area (Å²) in [6.45, 7) is 2.01. The van der Waals surface area contributed by atoms with Crippen LogP contribution in [0.4, 0.5) is 11.5 Å². The highest BCUT2D eigenvalue weighted by molar-refractivity contribution is 6.06. The lowest BCUT2D eigenvalue weighted by atomic mass is 10.1. The Labute approximate surface area is 195 Å². The van der Waals surface area contributed by atoms with Crippen LogP contribution >= 0.6 is 0 Å². The number of hydrogen-bond acceptors (Lipinski definition) is 7. The Morgan fingerprint density at radius 2 is 1.79 bits per heavy atom. The number of aryl methyl sites for hydroxylation is 1. The third-order valence-corrected chi connectivity index (χ3v) is 5.12. The number of aromatic hydroxyl groups is 1. The van der Waals surface area contributed by atoms with E-state index in [1.54, 1.807) is 44.4 Å². The number of phenols is 1. The van der Waals surface area contributed by atoms with Gasteiger partial charge in [0.15, 0.2) is 0 Å². The number of ether oxygens (including phenoxy) is 1. The molecule has 1 amide bonds. The van der Waals surface area contributed by atoms with Gasteiger partial charge >= 0.3 is 5.97 Å². The summed E-state index contributed by atoms with van der Waals surface area (Å²) in [5.74, 6) is -0.172. The van der Waals surface area contributed by atoms with E-state index >= 15 is 0 Å². The number of benzene rings is 3. The van der Waals surface area contributed by atoms with Crippen molar-refractivity contribution in [1.29, 1.82) is 0 Å². The molecular weight excluding hydrogens is 436 g/mol. The smallest absolute Gasteiger partial charge is 0.338 e. The van der Waals surface area contributed by atoms with Crippen LogP contribution in [-0.4, -0.2) is 39.2 Å². The predicted molar refractivity (Wildman–Crippen MR) is 128 cm³/mol. The number of hydrogen-bond donors (Lipinski definition) is 4. The number of rotatable bonds is 7. The van der Waals surface area contributed by atoms with Crippen LogP contribution in [0.2, 0.25) is 0 Å². The number of carboxylic acid groups (broad SMARTS) is 1. The van der Waals surface area contributed by atoms with E-state index < -0.39 is 5.97 Å². The maximum atomic E-state index is 12.6. The largest absolute Gasteiger partial charge is 0.508 e. The molecule has 1 aromatic heterocycles. The van der Waals surface area contributed by atoms with Crippen molar-refractivity contribution in [3.8, 4) is 11.5 Å². The second kappa shape index (κ2) is 9.45. The van der Waals surface area contributed by atoms with E-state index in [1.807, 2.05) is 18.2 Å². The first-order valence-corrected chi connectivity index (χ1v) is 10.4. The van der Waals surface area contributed by atoms with Crippen molar-refractivity contribution in [3.05, 3.63) is 83.2 Å². The number of aromatic nitrogens is 2. The zero-order valence-electron chi connectivity index (χ0n) is 18.5. The summed E-state index contributed by atoms with van der Waals surface area (Å²) in [7, 11) is 1.56. The molecule has 34 heavy (non-hydrogen) atoms. The molecule has 9 heteroatoms. The number of carboxylic acids is 1. The van der Waals surface area contributed by atoms with Gasteiger partial charge in [-0.1, -0.05) is 12.1 Å². The SMILES string of the molecule is COc1ccc(C(=O)Nc2cccc(CNc3nc(C)nc4c(C(=O)O)cc(O)cc34)c2)cc1. The van der Waals surface area contributed by atoms with E-state index in [9.17, 15) is 19.8 Å². The van der Waals surface area contributed by atoms with Crippen LogP contribution in [-0.2, 0) is 6.54 Å². The molecule has 0 unspecified atom stereocenters. The Hall–Kier alpha value is -4.66. The third kappa shape index (κ3) is 4.88. The average Bonchev–Trinajstić information content (AvgIpc) is 2.82. The minimum atomic E-state index is -1.19. The van der Waals surface area contributed by atoms with Crippen molar-refractivity contribution >= 4 is 34.3 Å². The van der Waals surface area contributed by atoms with Crippen LogP contribution in [0, 0.1) is 6.92 Å². The van der Waals surface area contributed by atoms with Gasteiger partial charge in [-0.3, -0.25) is 4.79 Å². The molecule has 0 radical (unpaired) electrons. The van der Waals surface area contributed by atoms with Crippen molar-refractivity contribution in [1.82, 2.24) is 9.97 Å². The van der Waals surface area contributed by atoms with Gasteiger partial charge in [-0.25, -0.2) is 14.8 Å². The molecule has 0 atom stereocenters. The van der Waals surface area contributed by atoms with E-state index in [4.69, 9.17) is 4.74 Å². The number of aromatic carboxylic acids is 1. The number of anilines is 2. The topological polar surface area (TPSA) is 134 Å². The van der Waals surface area contributed by atoms with Crippen molar-refractivity contribution < 1.29 is 24.5 Å². The molecule has 3 aromatic carbocycles. The summed E-state index contributed by atoms with van der Waals surface area (Å²) in [6.07, 6.45) is 0. The van der Waals surface area contributed by atoms with Crippen LogP contribution in [0.3, 0.4) is 0 Å². The Balaban J connectivity index is 1.54. The highest BCUT2D eigenvalue weighted by Gasteiger charge is 2.16. The molecule has 9 nitrogen and oxygen atoms in total. The third-order valence-electron chi connectivity index (χ3n) is 5.12. The second-order valence-corrected chi connectivity index (χ2v) is 7.55. The summed E-state index contributed by atoms with van der Waals surface area (Å²) < 4.78 is 5.11. The first-order chi connectivity index (χ1) is 16.3. The lowest BCUT2D eigenvalue weighted by Crippen LogP contribution is -2.12. The molecule has 0 aliphatic rings. The highest BCUT2D eigenvalue weighted by Crippen LogP contribution is 2.29. The zero-order chi connectivity index (χ0) is 24.2. The molecule has 0 spiro atoms. The number of carbonyl (C=O) groups excluding carboxylic acids is 1. The van der Waals surface area contributed by atoms with Crippen molar-refractivity contribution in [2.24, 2.45) is 0 Å². The van der Waals surface area contributed by atoms with Crippen LogP contribution in [0.15, 0.2) is 60.7 Å². The number of methoxy groups -OCH3 is 1. The fourth-order valence-corrected chi connectivity index (χ4v) is 3.52. The van der Waals surface area contributed by atoms with Gasteiger partial charge in [0, 0.05) is 23.2 Å². The maximum absolute atomic E-state index is 12.6. The summed E-state index contributed by atoms with van der Waals surface area (Å²) in [6, 6.07) is 16.7. The van der Waals surface area contributed by atoms with Crippen molar-refractivity contribution in [2.45, 2.75) is 13.5 Å². The molecule has 4 rings (SSSR count). The number of nitrogens with zero attached hydrogens (tertiary/aromatic N) is 2. The fourth-order valence-electron chi connectivity index (χ4n) is 3.52. The minimum absolute atomic E-state index is 0.105. The van der Waals surface area contributed by atoms with Crippen molar-refractivity contribution in [2.75, 3.05) is 17.7 Å². The standard InChI is InChI=1S/C25H22N4O5/c1-14-27-22-20(11-18(30)12-21(22)25(32)33)23(28-14)26-13-15-4-3-5-17(10-15)29-24(31)16-6-8-19(34-2)9-7-16/h3-12,30H,13H2,1-2H3,(H,29,31)(H,32,33)(H,26,27,28). The van der Waals surface area contributed by atoms with E-state index in [0.717, 1.165) is 11.6 Å². The molecule has 0 aliphatic heterocycles. The van der Waals surface area contributed by atoms with Gasteiger partial charge in [-0.15, -0.1) is 0 Å². The lowest BCUT2D eigenvalue weighted by Gasteiger charge is -2.12. The number of carbonyl (C=O) groups is 2. The molecule has 0 bridgehead atoms. The summed E-state index contributed by atoms with van der Waals surface area (Å²) in [4.78, 5) is 32.8. The van der Waals surface area contributed by atoms with E-state index in [0.29, 0.717) is 40.6 Å². The number of phenolic OH excluding ortho intramolecular Hbond substituents is 1. The van der Waals surface area contributed by atoms with Crippen LogP contribution in [0.25, 0.3) is 10.9 Å². The number of amides is 1. The Bertz CT molecular complexity index is 1390. The van der Waals surface area contributed by atoms with Gasteiger partial charge < -0.3 is 25.6 Å². The maximum Gasteiger partial charge on any atom is 0.338 e.